The molecule has 3 aromatic rings. The Kier molecular flexibility index (Phi) is 5.72. The SMILES string of the molecule is COc1ccc2cc(-c3ccc(N4CCN(CCCF)CC4)cc3)ncc2c1. The number of anilines is 1. The van der Waals surface area contributed by atoms with Crippen LogP contribution in [0.2, 0.25) is 0 Å². The molecule has 5 heteroatoms. The molecule has 1 aromatic heterocycles. The largest absolute Gasteiger partial charge is 0.497 e. The van der Waals surface area contributed by atoms with E-state index in [-0.39, 0.29) is 6.67 Å². The molecule has 0 aliphatic carbocycles. The fourth-order valence-electron chi connectivity index (χ4n) is 3.76. The van der Waals surface area contributed by atoms with Crippen LogP contribution < -0.4 is 9.64 Å². The third-order valence-corrected chi connectivity index (χ3v) is 5.44. The van der Waals surface area contributed by atoms with Crippen molar-refractivity contribution in [2.75, 3.05) is 51.4 Å². The first kappa shape index (κ1) is 18.7. The first-order valence-corrected chi connectivity index (χ1v) is 9.84. The number of hydrogen-bond acceptors (Lipinski definition) is 4. The number of hydrogen-bond donors (Lipinski definition) is 0. The minimum absolute atomic E-state index is 0.224. The summed E-state index contributed by atoms with van der Waals surface area (Å²) in [4.78, 5) is 9.37. The number of pyridine rings is 1. The van der Waals surface area contributed by atoms with E-state index in [2.05, 4.69) is 51.2 Å². The molecule has 0 bridgehead atoms. The molecule has 0 atom stereocenters. The van der Waals surface area contributed by atoms with Gasteiger partial charge in [-0.25, -0.2) is 0 Å². The van der Waals surface area contributed by atoms with Gasteiger partial charge in [0.2, 0.25) is 0 Å². The molecule has 2 heterocycles. The Balaban J connectivity index is 1.45. The second kappa shape index (κ2) is 8.57. The topological polar surface area (TPSA) is 28.6 Å². The van der Waals surface area contributed by atoms with E-state index in [4.69, 9.17) is 4.74 Å². The van der Waals surface area contributed by atoms with Crippen LogP contribution in [0.4, 0.5) is 10.1 Å². The van der Waals surface area contributed by atoms with Crippen molar-refractivity contribution in [3.05, 3.63) is 54.7 Å². The second-order valence-corrected chi connectivity index (χ2v) is 7.20. The summed E-state index contributed by atoms with van der Waals surface area (Å²) in [5.41, 5.74) is 3.32. The highest BCUT2D eigenvalue weighted by Crippen LogP contribution is 2.27. The van der Waals surface area contributed by atoms with Gasteiger partial charge in [-0.15, -0.1) is 0 Å². The van der Waals surface area contributed by atoms with Gasteiger partial charge in [-0.2, -0.15) is 0 Å². The normalized spacial score (nSPS) is 15.1. The molecule has 1 fully saturated rings. The molecule has 0 unspecified atom stereocenters. The Hall–Kier alpha value is -2.66. The Morgan fingerprint density at radius 1 is 0.964 bits per heavy atom. The lowest BCUT2D eigenvalue weighted by Crippen LogP contribution is -2.46. The number of benzene rings is 2. The minimum atomic E-state index is -0.224. The minimum Gasteiger partial charge on any atom is -0.497 e. The van der Waals surface area contributed by atoms with Gasteiger partial charge < -0.3 is 9.64 Å². The number of halogens is 1. The lowest BCUT2D eigenvalue weighted by atomic mass is 10.1. The Morgan fingerprint density at radius 3 is 2.46 bits per heavy atom. The molecule has 0 saturated carbocycles. The van der Waals surface area contributed by atoms with Gasteiger partial charge in [0.1, 0.15) is 5.75 Å². The molecular weight excluding hydrogens is 353 g/mol. The maximum absolute atomic E-state index is 12.3. The van der Waals surface area contributed by atoms with Crippen LogP contribution in [0.15, 0.2) is 54.7 Å². The Bertz CT molecular complexity index is 921. The standard InChI is InChI=1S/C23H26FN3O/c1-28-22-8-5-19-16-23(25-17-20(19)15-22)18-3-6-21(7-4-18)27-13-11-26(12-14-27)10-2-9-24/h3-8,15-17H,2,9-14H2,1H3. The summed E-state index contributed by atoms with van der Waals surface area (Å²) in [6, 6.07) is 16.8. The zero-order chi connectivity index (χ0) is 19.3. The van der Waals surface area contributed by atoms with Crippen molar-refractivity contribution in [2.45, 2.75) is 6.42 Å². The number of fused-ring (bicyclic) bond motifs is 1. The van der Waals surface area contributed by atoms with Crippen LogP contribution in [-0.2, 0) is 0 Å². The number of aromatic nitrogens is 1. The predicted molar refractivity (Wildman–Crippen MR) is 113 cm³/mol. The van der Waals surface area contributed by atoms with Crippen molar-refractivity contribution >= 4 is 16.5 Å². The second-order valence-electron chi connectivity index (χ2n) is 7.20. The lowest BCUT2D eigenvalue weighted by Gasteiger charge is -2.36. The summed E-state index contributed by atoms with van der Waals surface area (Å²) >= 11 is 0. The van der Waals surface area contributed by atoms with Crippen LogP contribution in [0.5, 0.6) is 5.75 Å². The van der Waals surface area contributed by atoms with Crippen molar-refractivity contribution in [1.82, 2.24) is 9.88 Å². The Labute approximate surface area is 165 Å². The number of ether oxygens (including phenoxy) is 1. The zero-order valence-electron chi connectivity index (χ0n) is 16.3. The van der Waals surface area contributed by atoms with E-state index >= 15 is 0 Å². The quantitative estimate of drug-likeness (QED) is 0.635. The van der Waals surface area contributed by atoms with Crippen LogP contribution in [0.25, 0.3) is 22.0 Å². The van der Waals surface area contributed by atoms with E-state index in [9.17, 15) is 4.39 Å². The summed E-state index contributed by atoms with van der Waals surface area (Å²) in [6.45, 7) is 4.61. The van der Waals surface area contributed by atoms with Gasteiger partial charge in [0, 0.05) is 55.6 Å². The summed E-state index contributed by atoms with van der Waals surface area (Å²) in [5.74, 6) is 0.844. The number of rotatable bonds is 6. The molecule has 28 heavy (non-hydrogen) atoms. The van der Waals surface area contributed by atoms with Crippen molar-refractivity contribution in [3.63, 3.8) is 0 Å². The molecule has 1 aliphatic rings. The molecule has 4 rings (SSSR count). The van der Waals surface area contributed by atoms with E-state index in [0.29, 0.717) is 6.42 Å². The molecule has 4 nitrogen and oxygen atoms in total. The van der Waals surface area contributed by atoms with Crippen molar-refractivity contribution in [1.29, 1.82) is 0 Å². The average Bonchev–Trinajstić information content (AvgIpc) is 2.77. The molecule has 0 N–H and O–H groups in total. The first-order chi connectivity index (χ1) is 13.8. The van der Waals surface area contributed by atoms with Crippen LogP contribution >= 0.6 is 0 Å². The summed E-state index contributed by atoms with van der Waals surface area (Å²) in [5, 5.41) is 2.23. The van der Waals surface area contributed by atoms with Crippen LogP contribution in [-0.4, -0.2) is 56.4 Å². The molecule has 0 radical (unpaired) electrons. The lowest BCUT2D eigenvalue weighted by molar-refractivity contribution is 0.245. The van der Waals surface area contributed by atoms with Crippen LogP contribution in [0.1, 0.15) is 6.42 Å². The van der Waals surface area contributed by atoms with E-state index < -0.39 is 0 Å². The summed E-state index contributed by atoms with van der Waals surface area (Å²) in [6.07, 6.45) is 2.54. The van der Waals surface area contributed by atoms with E-state index in [1.54, 1.807) is 7.11 Å². The monoisotopic (exact) mass is 379 g/mol. The van der Waals surface area contributed by atoms with Crippen LogP contribution in [0.3, 0.4) is 0 Å². The highest BCUT2D eigenvalue weighted by atomic mass is 19.1. The predicted octanol–water partition coefficient (Wildman–Crippen LogP) is 4.39. The first-order valence-electron chi connectivity index (χ1n) is 9.84. The van der Waals surface area contributed by atoms with Gasteiger partial charge in [0.15, 0.2) is 0 Å². The van der Waals surface area contributed by atoms with Gasteiger partial charge in [0.05, 0.1) is 19.5 Å². The molecule has 0 spiro atoms. The van der Waals surface area contributed by atoms with Gasteiger partial charge in [-0.05, 0) is 42.1 Å². The molecular formula is C23H26FN3O. The average molecular weight is 379 g/mol. The maximum Gasteiger partial charge on any atom is 0.119 e. The molecule has 1 aliphatic heterocycles. The number of methoxy groups -OCH3 is 1. The van der Waals surface area contributed by atoms with Gasteiger partial charge in [0.25, 0.3) is 0 Å². The fraction of sp³-hybridized carbons (Fsp3) is 0.348. The fourth-order valence-corrected chi connectivity index (χ4v) is 3.76. The third kappa shape index (κ3) is 4.09. The maximum atomic E-state index is 12.3. The number of piperazine rings is 1. The number of nitrogens with zero attached hydrogens (tertiary/aromatic N) is 3. The van der Waals surface area contributed by atoms with Gasteiger partial charge in [-0.3, -0.25) is 14.3 Å². The number of alkyl halides is 1. The van der Waals surface area contributed by atoms with E-state index in [1.165, 1.54) is 5.69 Å². The van der Waals surface area contributed by atoms with Gasteiger partial charge >= 0.3 is 0 Å². The van der Waals surface area contributed by atoms with E-state index in [0.717, 1.165) is 60.5 Å². The van der Waals surface area contributed by atoms with Crippen LogP contribution in [0, 0.1) is 0 Å². The van der Waals surface area contributed by atoms with Crippen molar-refractivity contribution in [2.24, 2.45) is 0 Å². The summed E-state index contributed by atoms with van der Waals surface area (Å²) < 4.78 is 17.6. The van der Waals surface area contributed by atoms with Gasteiger partial charge in [-0.1, -0.05) is 18.2 Å². The highest BCUT2D eigenvalue weighted by Gasteiger charge is 2.16. The molecule has 2 aromatic carbocycles. The molecule has 146 valence electrons. The Morgan fingerprint density at radius 2 is 1.75 bits per heavy atom. The summed E-state index contributed by atoms with van der Waals surface area (Å²) in [7, 11) is 1.68. The zero-order valence-corrected chi connectivity index (χ0v) is 16.3. The third-order valence-electron chi connectivity index (χ3n) is 5.44. The van der Waals surface area contributed by atoms with Crippen molar-refractivity contribution in [3.8, 4) is 17.0 Å². The van der Waals surface area contributed by atoms with E-state index in [1.807, 2.05) is 18.3 Å². The molecule has 0 amide bonds. The molecule has 1 saturated heterocycles. The van der Waals surface area contributed by atoms with Crippen molar-refractivity contribution < 1.29 is 9.13 Å². The smallest absolute Gasteiger partial charge is 0.119 e. The highest BCUT2D eigenvalue weighted by molar-refractivity contribution is 5.86.